The zero-order valence-electron chi connectivity index (χ0n) is 14.8. The molecule has 0 spiro atoms. The van der Waals surface area contributed by atoms with E-state index >= 15 is 0 Å². The van der Waals surface area contributed by atoms with Gasteiger partial charge in [0.05, 0.1) is 0 Å². The van der Waals surface area contributed by atoms with E-state index in [1.165, 1.54) is 31.2 Å². The van der Waals surface area contributed by atoms with Crippen LogP contribution in [0.4, 0.5) is 8.78 Å². The molecule has 0 aromatic heterocycles. The number of hydrogen-bond donors (Lipinski definition) is 1. The molecule has 1 saturated heterocycles. The molecule has 27 heavy (non-hydrogen) atoms. The summed E-state index contributed by atoms with van der Waals surface area (Å²) in [6, 6.07) is 7.51. The van der Waals surface area contributed by atoms with Crippen LogP contribution in [0.5, 0.6) is 5.75 Å². The van der Waals surface area contributed by atoms with Crippen molar-refractivity contribution in [3.8, 4) is 16.9 Å². The first-order valence-corrected chi connectivity index (χ1v) is 8.62. The molecule has 1 N–H and O–H groups in total. The molecule has 1 aliphatic heterocycles. The SMILES string of the molecule is CC(=O)Oc1ccc(-c2ccc(F)cc2F)cc1C(=O)OCC1CCCN1. The Morgan fingerprint density at radius 1 is 1.19 bits per heavy atom. The van der Waals surface area contributed by atoms with Gasteiger partial charge in [-0.25, -0.2) is 13.6 Å². The highest BCUT2D eigenvalue weighted by atomic mass is 19.1. The molecule has 2 aromatic rings. The fourth-order valence-electron chi connectivity index (χ4n) is 2.98. The Balaban J connectivity index is 1.90. The van der Waals surface area contributed by atoms with E-state index in [4.69, 9.17) is 9.47 Å². The predicted octanol–water partition coefficient (Wildman–Crippen LogP) is 3.47. The lowest BCUT2D eigenvalue weighted by molar-refractivity contribution is -0.131. The van der Waals surface area contributed by atoms with E-state index in [1.54, 1.807) is 0 Å². The minimum Gasteiger partial charge on any atom is -0.460 e. The van der Waals surface area contributed by atoms with Crippen LogP contribution in [0, 0.1) is 11.6 Å². The molecule has 142 valence electrons. The molecule has 3 rings (SSSR count). The second kappa shape index (κ2) is 8.26. The second-order valence-corrected chi connectivity index (χ2v) is 6.32. The summed E-state index contributed by atoms with van der Waals surface area (Å²) < 4.78 is 37.6. The average molecular weight is 375 g/mol. The minimum atomic E-state index is -0.760. The summed E-state index contributed by atoms with van der Waals surface area (Å²) in [6.07, 6.45) is 1.92. The standard InChI is InChI=1S/C20H19F2NO4/c1-12(24)27-19-7-4-13(16-6-5-14(21)10-18(16)22)9-17(19)20(25)26-11-15-3-2-8-23-15/h4-7,9-10,15,23H,2-3,8,11H2,1H3. The number of halogens is 2. The van der Waals surface area contributed by atoms with Gasteiger partial charge in [-0.1, -0.05) is 6.07 Å². The first-order chi connectivity index (χ1) is 12.9. The number of esters is 2. The van der Waals surface area contributed by atoms with E-state index in [0.717, 1.165) is 31.5 Å². The van der Waals surface area contributed by atoms with Gasteiger partial charge in [0.2, 0.25) is 0 Å². The number of benzene rings is 2. The van der Waals surface area contributed by atoms with Crippen LogP contribution in [0.2, 0.25) is 0 Å². The molecule has 7 heteroatoms. The monoisotopic (exact) mass is 375 g/mol. The Kier molecular flexibility index (Phi) is 5.81. The van der Waals surface area contributed by atoms with Crippen molar-refractivity contribution in [3.05, 3.63) is 53.6 Å². The fourth-order valence-corrected chi connectivity index (χ4v) is 2.98. The van der Waals surface area contributed by atoms with Crippen molar-refractivity contribution >= 4 is 11.9 Å². The lowest BCUT2D eigenvalue weighted by atomic mass is 10.0. The Morgan fingerprint density at radius 3 is 2.67 bits per heavy atom. The van der Waals surface area contributed by atoms with Crippen molar-refractivity contribution in [2.45, 2.75) is 25.8 Å². The van der Waals surface area contributed by atoms with Crippen LogP contribution in [0.3, 0.4) is 0 Å². The second-order valence-electron chi connectivity index (χ2n) is 6.32. The molecule has 0 bridgehead atoms. The lowest BCUT2D eigenvalue weighted by Crippen LogP contribution is -2.28. The molecule has 0 amide bonds. The number of nitrogens with one attached hydrogen (secondary N) is 1. The third kappa shape index (κ3) is 4.68. The molecule has 5 nitrogen and oxygen atoms in total. The van der Waals surface area contributed by atoms with E-state index in [1.807, 2.05) is 0 Å². The first-order valence-electron chi connectivity index (χ1n) is 8.62. The number of rotatable bonds is 5. The number of ether oxygens (including phenoxy) is 2. The lowest BCUT2D eigenvalue weighted by Gasteiger charge is -2.14. The van der Waals surface area contributed by atoms with Gasteiger partial charge in [-0.3, -0.25) is 4.79 Å². The van der Waals surface area contributed by atoms with Crippen molar-refractivity contribution in [1.82, 2.24) is 5.32 Å². The summed E-state index contributed by atoms with van der Waals surface area (Å²) in [5.74, 6) is -2.70. The summed E-state index contributed by atoms with van der Waals surface area (Å²) in [7, 11) is 0. The maximum absolute atomic E-state index is 14.1. The molecule has 1 fully saturated rings. The summed E-state index contributed by atoms with van der Waals surface area (Å²) in [5, 5.41) is 3.21. The van der Waals surface area contributed by atoms with Crippen LogP contribution in [0.15, 0.2) is 36.4 Å². The minimum absolute atomic E-state index is 0.00409. The maximum Gasteiger partial charge on any atom is 0.342 e. The highest BCUT2D eigenvalue weighted by Crippen LogP contribution is 2.29. The van der Waals surface area contributed by atoms with Gasteiger partial charge in [0.15, 0.2) is 0 Å². The van der Waals surface area contributed by atoms with Crippen LogP contribution in [-0.4, -0.2) is 31.1 Å². The summed E-state index contributed by atoms with van der Waals surface area (Å²) in [5.41, 5.74) is 0.469. The zero-order chi connectivity index (χ0) is 19.4. The molecule has 1 aliphatic rings. The van der Waals surface area contributed by atoms with E-state index in [-0.39, 0.29) is 29.5 Å². The number of hydrogen-bond acceptors (Lipinski definition) is 5. The zero-order valence-corrected chi connectivity index (χ0v) is 14.8. The van der Waals surface area contributed by atoms with Crippen LogP contribution in [0.25, 0.3) is 11.1 Å². The van der Waals surface area contributed by atoms with Gasteiger partial charge in [0.1, 0.15) is 29.6 Å². The van der Waals surface area contributed by atoms with Crippen molar-refractivity contribution in [2.75, 3.05) is 13.2 Å². The largest absolute Gasteiger partial charge is 0.460 e. The molecule has 1 heterocycles. The summed E-state index contributed by atoms with van der Waals surface area (Å²) >= 11 is 0. The van der Waals surface area contributed by atoms with Gasteiger partial charge in [0.25, 0.3) is 0 Å². The first kappa shape index (κ1) is 19.0. The quantitative estimate of drug-likeness (QED) is 0.640. The van der Waals surface area contributed by atoms with E-state index < -0.39 is 23.6 Å². The Bertz CT molecular complexity index is 863. The van der Waals surface area contributed by atoms with Crippen molar-refractivity contribution < 1.29 is 27.8 Å². The topological polar surface area (TPSA) is 64.6 Å². The van der Waals surface area contributed by atoms with E-state index in [9.17, 15) is 18.4 Å². The number of carbonyl (C=O) groups is 2. The van der Waals surface area contributed by atoms with E-state index in [2.05, 4.69) is 5.32 Å². The Hall–Kier alpha value is -2.80. The third-order valence-electron chi connectivity index (χ3n) is 4.27. The Labute approximate surface area is 155 Å². The van der Waals surface area contributed by atoms with Gasteiger partial charge in [0, 0.05) is 24.6 Å². The van der Waals surface area contributed by atoms with Gasteiger partial charge in [-0.2, -0.15) is 0 Å². The molecule has 0 saturated carbocycles. The van der Waals surface area contributed by atoms with Crippen LogP contribution in [0.1, 0.15) is 30.1 Å². The van der Waals surface area contributed by atoms with Crippen LogP contribution >= 0.6 is 0 Å². The molecular weight excluding hydrogens is 356 g/mol. The Morgan fingerprint density at radius 2 is 2.00 bits per heavy atom. The molecular formula is C20H19F2NO4. The fraction of sp³-hybridized carbons (Fsp3) is 0.300. The highest BCUT2D eigenvalue weighted by molar-refractivity contribution is 5.95. The molecule has 0 radical (unpaired) electrons. The van der Waals surface area contributed by atoms with Crippen LogP contribution in [-0.2, 0) is 9.53 Å². The maximum atomic E-state index is 14.1. The summed E-state index contributed by atoms with van der Waals surface area (Å²) in [6.45, 7) is 2.28. The molecule has 2 aromatic carbocycles. The van der Waals surface area contributed by atoms with Crippen LogP contribution < -0.4 is 10.1 Å². The normalized spacial score (nSPS) is 16.2. The van der Waals surface area contributed by atoms with Crippen molar-refractivity contribution in [3.63, 3.8) is 0 Å². The predicted molar refractivity (Wildman–Crippen MR) is 94.4 cm³/mol. The molecule has 1 atom stereocenters. The molecule has 1 unspecified atom stereocenters. The van der Waals surface area contributed by atoms with Crippen molar-refractivity contribution in [2.24, 2.45) is 0 Å². The van der Waals surface area contributed by atoms with Gasteiger partial charge in [-0.05, 0) is 49.2 Å². The van der Waals surface area contributed by atoms with Gasteiger partial charge in [-0.15, -0.1) is 0 Å². The van der Waals surface area contributed by atoms with Crippen molar-refractivity contribution in [1.29, 1.82) is 0 Å². The third-order valence-corrected chi connectivity index (χ3v) is 4.27. The summed E-state index contributed by atoms with van der Waals surface area (Å²) in [4.78, 5) is 23.8. The van der Waals surface area contributed by atoms with Gasteiger partial charge < -0.3 is 14.8 Å². The van der Waals surface area contributed by atoms with E-state index in [0.29, 0.717) is 5.56 Å². The average Bonchev–Trinajstić information content (AvgIpc) is 3.13. The van der Waals surface area contributed by atoms with Gasteiger partial charge >= 0.3 is 11.9 Å². The molecule has 0 aliphatic carbocycles. The smallest absolute Gasteiger partial charge is 0.342 e. The highest BCUT2D eigenvalue weighted by Gasteiger charge is 2.21. The number of carbonyl (C=O) groups excluding carboxylic acids is 2.